The van der Waals surface area contributed by atoms with Crippen LogP contribution in [0.2, 0.25) is 0 Å². The van der Waals surface area contributed by atoms with Crippen molar-refractivity contribution < 1.29 is 9.13 Å². The quantitative estimate of drug-likeness (QED) is 0.196. The molecule has 5 heteroatoms. The molecule has 0 aliphatic heterocycles. The second kappa shape index (κ2) is 8.53. The van der Waals surface area contributed by atoms with Gasteiger partial charge in [-0.25, -0.2) is 4.39 Å². The van der Waals surface area contributed by atoms with Crippen LogP contribution in [0, 0.1) is 0 Å². The van der Waals surface area contributed by atoms with E-state index in [0.29, 0.717) is 6.61 Å². The largest absolute Gasteiger partial charge is 0.371 e. The van der Waals surface area contributed by atoms with Crippen molar-refractivity contribution in [2.75, 3.05) is 13.2 Å². The van der Waals surface area contributed by atoms with Crippen LogP contribution in [0.1, 0.15) is 19.8 Å². The first kappa shape index (κ1) is 12.9. The Morgan fingerprint density at radius 2 is 2.43 bits per heavy atom. The van der Waals surface area contributed by atoms with E-state index < -0.39 is 12.3 Å². The summed E-state index contributed by atoms with van der Waals surface area (Å²) >= 11 is 0. The SMILES string of the molecule is C=C[C@H](OCCCC)[C@@H](F)CN=[N+]=[N-]. The molecule has 0 aromatic heterocycles. The van der Waals surface area contributed by atoms with Crippen LogP contribution in [-0.4, -0.2) is 25.4 Å². The minimum Gasteiger partial charge on any atom is -0.371 e. The van der Waals surface area contributed by atoms with E-state index in [-0.39, 0.29) is 6.54 Å². The second-order valence-corrected chi connectivity index (χ2v) is 2.85. The summed E-state index contributed by atoms with van der Waals surface area (Å²) in [6.45, 7) is 5.79. The van der Waals surface area contributed by atoms with E-state index in [0.717, 1.165) is 12.8 Å². The zero-order chi connectivity index (χ0) is 10.8. The van der Waals surface area contributed by atoms with Gasteiger partial charge >= 0.3 is 0 Å². The molecular weight excluding hydrogens is 185 g/mol. The van der Waals surface area contributed by atoms with Crippen molar-refractivity contribution in [3.8, 4) is 0 Å². The van der Waals surface area contributed by atoms with Gasteiger partial charge in [0.25, 0.3) is 0 Å². The van der Waals surface area contributed by atoms with E-state index in [1.165, 1.54) is 6.08 Å². The van der Waals surface area contributed by atoms with Crippen LogP contribution >= 0.6 is 0 Å². The number of nitrogens with zero attached hydrogens (tertiary/aromatic N) is 3. The van der Waals surface area contributed by atoms with Gasteiger partial charge in [-0.1, -0.05) is 24.5 Å². The average Bonchev–Trinajstić information content (AvgIpc) is 2.21. The molecule has 0 amide bonds. The van der Waals surface area contributed by atoms with Crippen molar-refractivity contribution in [3.05, 3.63) is 23.1 Å². The fraction of sp³-hybridized carbons (Fsp3) is 0.778. The van der Waals surface area contributed by atoms with Crippen LogP contribution in [0.25, 0.3) is 10.4 Å². The Morgan fingerprint density at radius 1 is 1.71 bits per heavy atom. The van der Waals surface area contributed by atoms with Crippen LogP contribution < -0.4 is 0 Å². The molecule has 0 rings (SSSR count). The topological polar surface area (TPSA) is 58.0 Å². The molecule has 14 heavy (non-hydrogen) atoms. The van der Waals surface area contributed by atoms with Crippen molar-refractivity contribution in [1.82, 2.24) is 0 Å². The summed E-state index contributed by atoms with van der Waals surface area (Å²) in [5, 5.41) is 3.15. The standard InChI is InChI=1S/C9H16FN3O/c1-3-5-6-14-9(4-2)8(10)7-12-13-11/h4,8-9H,2-3,5-7H2,1H3/t8-,9-/m0/s1. The summed E-state index contributed by atoms with van der Waals surface area (Å²) < 4.78 is 18.4. The molecule has 0 unspecified atom stereocenters. The van der Waals surface area contributed by atoms with Gasteiger partial charge in [-0.05, 0) is 12.0 Å². The number of azide groups is 1. The van der Waals surface area contributed by atoms with Gasteiger partial charge in [0.1, 0.15) is 12.3 Å². The summed E-state index contributed by atoms with van der Waals surface area (Å²) in [5.74, 6) is 0. The molecule has 0 saturated heterocycles. The molecule has 0 aromatic rings. The molecule has 0 spiro atoms. The molecule has 2 atom stereocenters. The minimum atomic E-state index is -1.31. The second-order valence-electron chi connectivity index (χ2n) is 2.85. The van der Waals surface area contributed by atoms with E-state index in [1.54, 1.807) is 0 Å². The summed E-state index contributed by atoms with van der Waals surface area (Å²) in [6.07, 6.45) is 1.30. The minimum absolute atomic E-state index is 0.209. The summed E-state index contributed by atoms with van der Waals surface area (Å²) in [4.78, 5) is 2.48. The van der Waals surface area contributed by atoms with Gasteiger partial charge in [-0.3, -0.25) is 0 Å². The van der Waals surface area contributed by atoms with E-state index in [2.05, 4.69) is 16.6 Å². The average molecular weight is 201 g/mol. The number of rotatable bonds is 8. The van der Waals surface area contributed by atoms with Gasteiger partial charge < -0.3 is 4.74 Å². The first-order valence-corrected chi connectivity index (χ1v) is 4.65. The lowest BCUT2D eigenvalue weighted by Gasteiger charge is -2.16. The van der Waals surface area contributed by atoms with Gasteiger partial charge in [0.2, 0.25) is 0 Å². The first-order chi connectivity index (χ1) is 6.76. The fourth-order valence-corrected chi connectivity index (χ4v) is 0.902. The normalized spacial score (nSPS) is 14.1. The van der Waals surface area contributed by atoms with Gasteiger partial charge in [-0.2, -0.15) is 0 Å². The maximum Gasteiger partial charge on any atom is 0.135 e. The number of hydrogen-bond acceptors (Lipinski definition) is 2. The highest BCUT2D eigenvalue weighted by molar-refractivity contribution is 4.87. The van der Waals surface area contributed by atoms with Crippen molar-refractivity contribution in [3.63, 3.8) is 0 Å². The highest BCUT2D eigenvalue weighted by Gasteiger charge is 2.17. The Bertz CT molecular complexity index is 204. The van der Waals surface area contributed by atoms with E-state index in [9.17, 15) is 4.39 Å². The third-order valence-corrected chi connectivity index (χ3v) is 1.72. The molecule has 0 heterocycles. The lowest BCUT2D eigenvalue weighted by atomic mass is 10.2. The summed E-state index contributed by atoms with van der Waals surface area (Å²) in [6, 6.07) is 0. The molecule has 0 radical (unpaired) electrons. The van der Waals surface area contributed by atoms with Crippen LogP contribution in [0.4, 0.5) is 4.39 Å². The zero-order valence-corrected chi connectivity index (χ0v) is 8.40. The third-order valence-electron chi connectivity index (χ3n) is 1.72. The maximum atomic E-state index is 13.2. The number of alkyl halides is 1. The third kappa shape index (κ3) is 5.56. The van der Waals surface area contributed by atoms with Crippen LogP contribution in [-0.2, 0) is 4.74 Å². The van der Waals surface area contributed by atoms with Gasteiger partial charge in [0, 0.05) is 11.5 Å². The number of ether oxygens (including phenoxy) is 1. The molecule has 0 saturated carbocycles. The van der Waals surface area contributed by atoms with E-state index in [1.807, 2.05) is 6.92 Å². The molecule has 4 nitrogen and oxygen atoms in total. The van der Waals surface area contributed by atoms with Crippen LogP contribution in [0.5, 0.6) is 0 Å². The Hall–Kier alpha value is -1.06. The van der Waals surface area contributed by atoms with Crippen molar-refractivity contribution >= 4 is 0 Å². The predicted octanol–water partition coefficient (Wildman–Crippen LogP) is 3.01. The first-order valence-electron chi connectivity index (χ1n) is 4.65. The van der Waals surface area contributed by atoms with Crippen LogP contribution in [0.3, 0.4) is 0 Å². The smallest absolute Gasteiger partial charge is 0.135 e. The molecule has 80 valence electrons. The Labute approximate surface area is 83.4 Å². The van der Waals surface area contributed by atoms with Gasteiger partial charge in [0.15, 0.2) is 0 Å². The highest BCUT2D eigenvalue weighted by atomic mass is 19.1. The number of halogens is 1. The molecule has 0 N–H and O–H groups in total. The molecule has 0 aliphatic carbocycles. The summed E-state index contributed by atoms with van der Waals surface area (Å²) in [5.41, 5.74) is 8.01. The molecule has 0 aromatic carbocycles. The Morgan fingerprint density at radius 3 is 2.93 bits per heavy atom. The Balaban J connectivity index is 3.85. The highest BCUT2D eigenvalue weighted by Crippen LogP contribution is 2.07. The van der Waals surface area contributed by atoms with Crippen molar-refractivity contribution in [2.45, 2.75) is 32.0 Å². The monoisotopic (exact) mass is 201 g/mol. The van der Waals surface area contributed by atoms with Gasteiger partial charge in [0.05, 0.1) is 6.54 Å². The molecule has 0 fully saturated rings. The number of unbranched alkanes of at least 4 members (excludes halogenated alkanes) is 1. The summed E-state index contributed by atoms with van der Waals surface area (Å²) in [7, 11) is 0. The Kier molecular flexibility index (Phi) is 7.89. The van der Waals surface area contributed by atoms with Crippen molar-refractivity contribution in [1.29, 1.82) is 0 Å². The van der Waals surface area contributed by atoms with E-state index >= 15 is 0 Å². The number of hydrogen-bond donors (Lipinski definition) is 0. The molecular formula is C9H16FN3O. The van der Waals surface area contributed by atoms with Crippen molar-refractivity contribution in [2.24, 2.45) is 5.11 Å². The van der Waals surface area contributed by atoms with Crippen LogP contribution in [0.15, 0.2) is 17.8 Å². The maximum absolute atomic E-state index is 13.2. The molecule has 0 aliphatic rings. The van der Waals surface area contributed by atoms with E-state index in [4.69, 9.17) is 10.3 Å². The lowest BCUT2D eigenvalue weighted by molar-refractivity contribution is 0.0305. The molecule has 0 bridgehead atoms. The lowest BCUT2D eigenvalue weighted by Crippen LogP contribution is -2.26. The predicted molar refractivity (Wildman–Crippen MR) is 53.8 cm³/mol. The van der Waals surface area contributed by atoms with Gasteiger partial charge in [-0.15, -0.1) is 6.58 Å². The fourth-order valence-electron chi connectivity index (χ4n) is 0.902. The zero-order valence-electron chi connectivity index (χ0n) is 8.40.